The zero-order valence-electron chi connectivity index (χ0n) is 20.9. The lowest BCUT2D eigenvalue weighted by Gasteiger charge is -2.30. The van der Waals surface area contributed by atoms with Crippen molar-refractivity contribution in [3.05, 3.63) is 86.9 Å². The van der Waals surface area contributed by atoms with Crippen LogP contribution in [0.15, 0.2) is 54.6 Å². The average molecular weight is 562 g/mol. The standard InChI is InChI=1S/C27H28FN3O5S.ClH/c1-3-27(4-2,26(35)31-15-16-5-7-17(8-6-16)24(32)33)14-19-10-12-22(37-19)25(34)36-21-11-9-18(23(29)30)13-20(21)28;/h5-13H,3-4,14-15H2,1-2H3,(H3,29,30)(H,31,35)(H,32,33);1H. The Hall–Kier alpha value is -3.76. The van der Waals surface area contributed by atoms with Gasteiger partial charge in [0.1, 0.15) is 10.7 Å². The molecule has 0 saturated heterocycles. The van der Waals surface area contributed by atoms with E-state index >= 15 is 0 Å². The van der Waals surface area contributed by atoms with Crippen LogP contribution in [0.4, 0.5) is 4.39 Å². The molecule has 0 aliphatic rings. The molecule has 0 radical (unpaired) electrons. The van der Waals surface area contributed by atoms with E-state index in [4.69, 9.17) is 21.0 Å². The quantitative estimate of drug-likeness (QED) is 0.110. The number of rotatable bonds is 11. The van der Waals surface area contributed by atoms with Crippen molar-refractivity contribution in [2.24, 2.45) is 11.1 Å². The molecule has 11 heteroatoms. The molecule has 202 valence electrons. The van der Waals surface area contributed by atoms with Gasteiger partial charge < -0.3 is 20.9 Å². The van der Waals surface area contributed by atoms with E-state index in [1.807, 2.05) is 13.8 Å². The Bertz CT molecular complexity index is 1320. The number of amides is 1. The highest BCUT2D eigenvalue weighted by atomic mass is 35.5. The van der Waals surface area contributed by atoms with Crippen molar-refractivity contribution in [2.75, 3.05) is 0 Å². The largest absolute Gasteiger partial charge is 0.478 e. The van der Waals surface area contributed by atoms with Gasteiger partial charge in [0.05, 0.1) is 11.0 Å². The van der Waals surface area contributed by atoms with Crippen molar-refractivity contribution < 1.29 is 28.6 Å². The number of aromatic carboxylic acids is 1. The molecule has 1 aromatic heterocycles. The SMILES string of the molecule is CCC(CC)(Cc1ccc(C(=O)Oc2ccc(C(=N)N)cc2F)s1)C(=O)NCc1ccc(C(=O)O)cc1.Cl. The zero-order valence-corrected chi connectivity index (χ0v) is 22.5. The van der Waals surface area contributed by atoms with E-state index in [9.17, 15) is 18.8 Å². The van der Waals surface area contributed by atoms with Crippen LogP contribution in [-0.2, 0) is 17.8 Å². The lowest BCUT2D eigenvalue weighted by atomic mass is 9.77. The van der Waals surface area contributed by atoms with Gasteiger partial charge in [0.2, 0.25) is 5.91 Å². The first-order valence-electron chi connectivity index (χ1n) is 11.6. The second kappa shape index (κ2) is 13.2. The molecule has 3 aromatic rings. The summed E-state index contributed by atoms with van der Waals surface area (Å²) in [5, 5.41) is 19.3. The molecule has 3 rings (SSSR count). The molecule has 0 spiro atoms. The van der Waals surface area contributed by atoms with E-state index < -0.39 is 23.2 Å². The van der Waals surface area contributed by atoms with E-state index in [0.29, 0.717) is 19.3 Å². The second-order valence-corrected chi connectivity index (χ2v) is 9.73. The van der Waals surface area contributed by atoms with Crippen molar-refractivity contribution in [2.45, 2.75) is 39.7 Å². The number of halogens is 2. The van der Waals surface area contributed by atoms with Crippen molar-refractivity contribution in [1.29, 1.82) is 5.41 Å². The molecule has 2 aromatic carbocycles. The minimum absolute atomic E-state index is 0. The number of carboxylic acid groups (broad SMARTS) is 1. The maximum absolute atomic E-state index is 14.2. The highest BCUT2D eigenvalue weighted by molar-refractivity contribution is 7.14. The third kappa shape index (κ3) is 7.17. The summed E-state index contributed by atoms with van der Waals surface area (Å²) in [7, 11) is 0. The summed E-state index contributed by atoms with van der Waals surface area (Å²) in [5.41, 5.74) is 5.78. The Morgan fingerprint density at radius 2 is 1.68 bits per heavy atom. The van der Waals surface area contributed by atoms with Crippen molar-refractivity contribution in [3.63, 3.8) is 0 Å². The van der Waals surface area contributed by atoms with Gasteiger partial charge in [-0.05, 0) is 67.3 Å². The van der Waals surface area contributed by atoms with Crippen LogP contribution in [0, 0.1) is 16.6 Å². The van der Waals surface area contributed by atoms with E-state index in [1.54, 1.807) is 24.3 Å². The summed E-state index contributed by atoms with van der Waals surface area (Å²) in [5.74, 6) is -3.24. The Morgan fingerprint density at radius 1 is 1.05 bits per heavy atom. The summed E-state index contributed by atoms with van der Waals surface area (Å²) in [6.45, 7) is 4.12. The van der Waals surface area contributed by atoms with Crippen molar-refractivity contribution in [1.82, 2.24) is 5.32 Å². The van der Waals surface area contributed by atoms with Crippen LogP contribution in [0.5, 0.6) is 5.75 Å². The van der Waals surface area contributed by atoms with Crippen molar-refractivity contribution in [3.8, 4) is 5.75 Å². The number of hydrogen-bond donors (Lipinski definition) is 4. The van der Waals surface area contributed by atoms with Crippen LogP contribution in [0.2, 0.25) is 0 Å². The van der Waals surface area contributed by atoms with E-state index in [-0.39, 0.29) is 52.4 Å². The summed E-state index contributed by atoms with van der Waals surface area (Å²) in [6.07, 6.45) is 1.54. The lowest BCUT2D eigenvalue weighted by Crippen LogP contribution is -2.41. The van der Waals surface area contributed by atoms with E-state index in [0.717, 1.165) is 16.5 Å². The number of hydrogen-bond acceptors (Lipinski definition) is 6. The Morgan fingerprint density at radius 3 is 2.24 bits per heavy atom. The maximum atomic E-state index is 14.2. The van der Waals surface area contributed by atoms with Crippen LogP contribution < -0.4 is 15.8 Å². The van der Waals surface area contributed by atoms with Gasteiger partial charge in [0.15, 0.2) is 11.6 Å². The van der Waals surface area contributed by atoms with Gasteiger partial charge in [-0.1, -0.05) is 26.0 Å². The average Bonchev–Trinajstić information content (AvgIpc) is 3.35. The number of esters is 1. The number of amidine groups is 1. The number of nitrogens with two attached hydrogens (primary N) is 1. The first kappa shape index (κ1) is 30.5. The molecule has 0 atom stereocenters. The Kier molecular flexibility index (Phi) is 10.5. The van der Waals surface area contributed by atoms with Gasteiger partial charge in [0.25, 0.3) is 0 Å². The predicted octanol–water partition coefficient (Wildman–Crippen LogP) is 5.18. The predicted molar refractivity (Wildman–Crippen MR) is 146 cm³/mol. The summed E-state index contributed by atoms with van der Waals surface area (Å²) in [4.78, 5) is 37.9. The number of nitrogen functional groups attached to an aromatic ring is 1. The summed E-state index contributed by atoms with van der Waals surface area (Å²) < 4.78 is 19.4. The molecule has 38 heavy (non-hydrogen) atoms. The third-order valence-electron chi connectivity index (χ3n) is 6.31. The van der Waals surface area contributed by atoms with Crippen molar-refractivity contribution >= 4 is 47.4 Å². The lowest BCUT2D eigenvalue weighted by molar-refractivity contribution is -0.131. The Labute approximate surface area is 229 Å². The number of ether oxygens (including phenoxy) is 1. The smallest absolute Gasteiger partial charge is 0.353 e. The molecule has 1 amide bonds. The number of nitrogens with one attached hydrogen (secondary N) is 2. The van der Waals surface area contributed by atoms with Crippen LogP contribution in [-0.4, -0.2) is 28.8 Å². The normalized spacial score (nSPS) is 10.8. The van der Waals surface area contributed by atoms with E-state index in [1.165, 1.54) is 35.6 Å². The minimum Gasteiger partial charge on any atom is -0.478 e. The van der Waals surface area contributed by atoms with Gasteiger partial charge in [0, 0.05) is 17.0 Å². The Balaban J connectivity index is 0.00000507. The summed E-state index contributed by atoms with van der Waals surface area (Å²) in [6, 6.07) is 13.3. The number of carbonyl (C=O) groups is 3. The second-order valence-electron chi connectivity index (χ2n) is 8.56. The molecule has 0 aliphatic carbocycles. The van der Waals surface area contributed by atoms with Crippen LogP contribution in [0.1, 0.15) is 62.7 Å². The molecule has 8 nitrogen and oxygen atoms in total. The molecule has 5 N–H and O–H groups in total. The van der Waals surface area contributed by atoms with Crippen LogP contribution in [0.25, 0.3) is 0 Å². The van der Waals surface area contributed by atoms with Gasteiger partial charge in [-0.3, -0.25) is 10.2 Å². The first-order valence-corrected chi connectivity index (χ1v) is 12.5. The van der Waals surface area contributed by atoms with Gasteiger partial charge in [-0.25, -0.2) is 14.0 Å². The topological polar surface area (TPSA) is 143 Å². The third-order valence-corrected chi connectivity index (χ3v) is 7.38. The monoisotopic (exact) mass is 561 g/mol. The first-order chi connectivity index (χ1) is 17.6. The molecule has 0 saturated carbocycles. The number of benzene rings is 2. The molecule has 1 heterocycles. The molecule has 0 bridgehead atoms. The zero-order chi connectivity index (χ0) is 27.2. The fourth-order valence-corrected chi connectivity index (χ4v) is 4.88. The van der Waals surface area contributed by atoms with Crippen LogP contribution in [0.3, 0.4) is 0 Å². The molecular formula is C27H29ClFN3O5S. The summed E-state index contributed by atoms with van der Waals surface area (Å²) >= 11 is 1.18. The minimum atomic E-state index is -1.01. The fourth-order valence-electron chi connectivity index (χ4n) is 3.85. The fraction of sp³-hybridized carbons (Fsp3) is 0.259. The molecule has 0 fully saturated rings. The molecule has 0 aliphatic heterocycles. The molecule has 0 unspecified atom stereocenters. The number of carbonyl (C=O) groups excluding carboxylic acids is 2. The van der Waals surface area contributed by atoms with Crippen LogP contribution >= 0.6 is 23.7 Å². The van der Waals surface area contributed by atoms with Gasteiger partial charge in [-0.2, -0.15) is 0 Å². The van der Waals surface area contributed by atoms with Gasteiger partial charge in [-0.15, -0.1) is 23.7 Å². The highest BCUT2D eigenvalue weighted by Crippen LogP contribution is 2.34. The number of carboxylic acids is 1. The number of thiophene rings is 1. The maximum Gasteiger partial charge on any atom is 0.353 e. The highest BCUT2D eigenvalue weighted by Gasteiger charge is 2.35. The molecular weight excluding hydrogens is 533 g/mol. The van der Waals surface area contributed by atoms with Gasteiger partial charge >= 0.3 is 11.9 Å². The van der Waals surface area contributed by atoms with E-state index in [2.05, 4.69) is 5.32 Å².